The molecular formula is C42H56N2O10. The van der Waals surface area contributed by atoms with Crippen LogP contribution in [0.25, 0.3) is 0 Å². The largest absolute Gasteiger partial charge is 0.465 e. The van der Waals surface area contributed by atoms with Crippen molar-refractivity contribution in [2.75, 3.05) is 27.3 Å². The summed E-state index contributed by atoms with van der Waals surface area (Å²) in [6.45, 7) is 16.2. The number of ether oxygens (including phenoxy) is 4. The Hall–Kier alpha value is -5.48. The standard InChI is InChI=1S/C24H31NO4.C17H25NO4.CO2/c1-17-6-8-18(9-7-17)14-20(16-25-23(27)29-24(2,3)4)15-19-10-12-21(13-11-19)22(26)28-5;1-12(11-18-16(20)22-17(2,3)4)10-13-6-8-14(9-7-13)15(19)21-5;2-1-3/h6-13,20H,14-16H2,1-5H3,(H,25,27);6-9,12H,10-11H2,1-5H3,(H,18,20);. The zero-order chi connectivity index (χ0) is 40.9. The van der Waals surface area contributed by atoms with E-state index in [2.05, 4.69) is 46.6 Å². The number of methoxy groups -OCH3 is 2. The number of carbonyl (C=O) groups is 4. The second-order valence-electron chi connectivity index (χ2n) is 14.8. The molecule has 0 aliphatic heterocycles. The highest BCUT2D eigenvalue weighted by Gasteiger charge is 2.19. The maximum absolute atomic E-state index is 12.1. The Bertz CT molecular complexity index is 1630. The van der Waals surface area contributed by atoms with E-state index in [1.807, 2.05) is 72.7 Å². The molecule has 2 atom stereocenters. The smallest absolute Gasteiger partial charge is 0.407 e. The summed E-state index contributed by atoms with van der Waals surface area (Å²) in [6.07, 6.45) is 1.84. The summed E-state index contributed by atoms with van der Waals surface area (Å²) in [5.74, 6) is -0.240. The molecule has 2 unspecified atom stereocenters. The lowest BCUT2D eigenvalue weighted by Crippen LogP contribution is -2.36. The van der Waals surface area contributed by atoms with E-state index in [4.69, 9.17) is 23.8 Å². The molecule has 0 aliphatic carbocycles. The SMILES string of the molecule is COC(=O)c1ccc(CC(C)CNC(=O)OC(C)(C)C)cc1.COC(=O)c1ccc(CC(CNC(=O)OC(C)(C)C)Cc2ccc(C)cc2)cc1.O=C=O. The van der Waals surface area contributed by atoms with Crippen molar-refractivity contribution in [1.29, 1.82) is 0 Å². The molecule has 0 bridgehead atoms. The van der Waals surface area contributed by atoms with Gasteiger partial charge in [-0.05, 0) is 121 Å². The van der Waals surface area contributed by atoms with Crippen LogP contribution < -0.4 is 10.6 Å². The molecule has 0 saturated heterocycles. The van der Waals surface area contributed by atoms with Crippen LogP contribution in [0.5, 0.6) is 0 Å². The molecule has 0 aliphatic rings. The predicted octanol–water partition coefficient (Wildman–Crippen LogP) is 7.30. The summed E-state index contributed by atoms with van der Waals surface area (Å²) in [7, 11) is 2.73. The van der Waals surface area contributed by atoms with Crippen LogP contribution in [0.1, 0.15) is 91.4 Å². The van der Waals surface area contributed by atoms with E-state index in [-0.39, 0.29) is 29.9 Å². The van der Waals surface area contributed by atoms with Crippen LogP contribution in [0.3, 0.4) is 0 Å². The Labute approximate surface area is 319 Å². The molecule has 0 heterocycles. The first-order valence-electron chi connectivity index (χ1n) is 17.6. The van der Waals surface area contributed by atoms with Crippen LogP contribution in [0.4, 0.5) is 9.59 Å². The summed E-state index contributed by atoms with van der Waals surface area (Å²) in [6, 6.07) is 23.1. The average molecular weight is 749 g/mol. The predicted molar refractivity (Wildman–Crippen MR) is 204 cm³/mol. The van der Waals surface area contributed by atoms with Crippen molar-refractivity contribution in [2.45, 2.75) is 85.9 Å². The van der Waals surface area contributed by atoms with Crippen LogP contribution in [-0.4, -0.2) is 68.8 Å². The van der Waals surface area contributed by atoms with E-state index in [9.17, 15) is 19.2 Å². The maximum atomic E-state index is 12.1. The second kappa shape index (κ2) is 23.2. The van der Waals surface area contributed by atoms with Gasteiger partial charge in [-0.3, -0.25) is 0 Å². The summed E-state index contributed by atoms with van der Waals surface area (Å²) in [5.41, 5.74) is 4.68. The Morgan fingerprint density at radius 1 is 0.593 bits per heavy atom. The lowest BCUT2D eigenvalue weighted by atomic mass is 9.92. The van der Waals surface area contributed by atoms with Gasteiger partial charge in [0.15, 0.2) is 0 Å². The Balaban J connectivity index is 0.000000520. The molecule has 54 heavy (non-hydrogen) atoms. The van der Waals surface area contributed by atoms with E-state index in [1.165, 1.54) is 25.3 Å². The molecule has 12 nitrogen and oxygen atoms in total. The van der Waals surface area contributed by atoms with Gasteiger partial charge in [0.1, 0.15) is 11.2 Å². The van der Waals surface area contributed by atoms with Gasteiger partial charge >= 0.3 is 30.3 Å². The van der Waals surface area contributed by atoms with Crippen LogP contribution in [0.2, 0.25) is 0 Å². The molecule has 0 spiro atoms. The third-order valence-electron chi connectivity index (χ3n) is 7.43. The number of nitrogens with one attached hydrogen (secondary N) is 2. The number of alkyl carbamates (subject to hydrolysis) is 2. The van der Waals surface area contributed by atoms with Gasteiger partial charge in [-0.2, -0.15) is 9.59 Å². The van der Waals surface area contributed by atoms with Gasteiger partial charge in [0.05, 0.1) is 25.3 Å². The number of amides is 2. The highest BCUT2D eigenvalue weighted by molar-refractivity contribution is 5.89. The third kappa shape index (κ3) is 20.5. The van der Waals surface area contributed by atoms with E-state index < -0.39 is 23.4 Å². The molecule has 0 fully saturated rings. The second-order valence-corrected chi connectivity index (χ2v) is 14.8. The van der Waals surface area contributed by atoms with Gasteiger partial charge in [0.2, 0.25) is 0 Å². The number of hydrogen-bond acceptors (Lipinski definition) is 10. The topological polar surface area (TPSA) is 163 Å². The molecule has 3 rings (SSSR count). The number of carbonyl (C=O) groups excluding carboxylic acids is 6. The Kier molecular flexibility index (Phi) is 20.0. The number of aryl methyl sites for hydroxylation is 1. The van der Waals surface area contributed by atoms with E-state index in [0.29, 0.717) is 24.2 Å². The van der Waals surface area contributed by atoms with E-state index in [1.54, 1.807) is 24.3 Å². The lowest BCUT2D eigenvalue weighted by Gasteiger charge is -2.22. The average Bonchev–Trinajstić information content (AvgIpc) is 3.10. The summed E-state index contributed by atoms with van der Waals surface area (Å²) < 4.78 is 20.0. The van der Waals surface area contributed by atoms with E-state index >= 15 is 0 Å². The fourth-order valence-electron chi connectivity index (χ4n) is 4.98. The molecular weight excluding hydrogens is 692 g/mol. The van der Waals surface area contributed by atoms with Crippen LogP contribution in [0, 0.1) is 18.8 Å². The van der Waals surface area contributed by atoms with Crippen molar-refractivity contribution in [3.63, 3.8) is 0 Å². The fourth-order valence-corrected chi connectivity index (χ4v) is 4.98. The quantitative estimate of drug-likeness (QED) is 0.142. The molecule has 12 heteroatoms. The molecule has 294 valence electrons. The van der Waals surface area contributed by atoms with Crippen molar-refractivity contribution < 1.29 is 47.7 Å². The first-order valence-corrected chi connectivity index (χ1v) is 17.6. The number of esters is 2. The van der Waals surface area contributed by atoms with E-state index in [0.717, 1.165) is 30.4 Å². The molecule has 2 N–H and O–H groups in total. The normalized spacial score (nSPS) is 11.7. The molecule has 2 amide bonds. The van der Waals surface area contributed by atoms with Gasteiger partial charge < -0.3 is 29.6 Å². The first kappa shape index (κ1) is 46.5. The van der Waals surface area contributed by atoms with Crippen molar-refractivity contribution in [3.05, 3.63) is 106 Å². The minimum atomic E-state index is -0.528. The minimum Gasteiger partial charge on any atom is -0.465 e. The molecule has 0 radical (unpaired) electrons. The molecule has 3 aromatic rings. The van der Waals surface area contributed by atoms with Crippen LogP contribution in [0.15, 0.2) is 72.8 Å². The van der Waals surface area contributed by atoms with Gasteiger partial charge in [-0.15, -0.1) is 0 Å². The van der Waals surface area contributed by atoms with Gasteiger partial charge in [-0.1, -0.05) is 61.0 Å². The first-order chi connectivity index (χ1) is 25.3. The van der Waals surface area contributed by atoms with Crippen molar-refractivity contribution in [2.24, 2.45) is 11.8 Å². The Morgan fingerprint density at radius 2 is 0.926 bits per heavy atom. The summed E-state index contributed by atoms with van der Waals surface area (Å²) >= 11 is 0. The monoisotopic (exact) mass is 748 g/mol. The number of hydrogen-bond donors (Lipinski definition) is 2. The molecule has 0 saturated carbocycles. The molecule has 3 aromatic carbocycles. The Morgan fingerprint density at radius 3 is 1.28 bits per heavy atom. The van der Waals surface area contributed by atoms with Crippen LogP contribution in [-0.2, 0) is 47.8 Å². The minimum absolute atomic E-state index is 0.189. The van der Waals surface area contributed by atoms with Gasteiger partial charge in [0.25, 0.3) is 0 Å². The van der Waals surface area contributed by atoms with Crippen molar-refractivity contribution in [3.8, 4) is 0 Å². The van der Waals surface area contributed by atoms with Crippen molar-refractivity contribution in [1.82, 2.24) is 10.6 Å². The highest BCUT2D eigenvalue weighted by Crippen LogP contribution is 2.17. The fraction of sp³-hybridized carbons (Fsp3) is 0.452. The summed E-state index contributed by atoms with van der Waals surface area (Å²) in [5, 5.41) is 5.66. The zero-order valence-electron chi connectivity index (χ0n) is 33.2. The zero-order valence-corrected chi connectivity index (χ0v) is 33.2. The van der Waals surface area contributed by atoms with Crippen molar-refractivity contribution >= 4 is 30.3 Å². The molecule has 0 aromatic heterocycles. The maximum Gasteiger partial charge on any atom is 0.407 e. The van der Waals surface area contributed by atoms with Gasteiger partial charge in [0, 0.05) is 13.1 Å². The number of rotatable bonds is 12. The number of benzene rings is 3. The lowest BCUT2D eigenvalue weighted by molar-refractivity contribution is -0.191. The summed E-state index contributed by atoms with van der Waals surface area (Å²) in [4.78, 5) is 62.9. The van der Waals surface area contributed by atoms with Crippen LogP contribution >= 0.6 is 0 Å². The highest BCUT2D eigenvalue weighted by atomic mass is 16.6. The van der Waals surface area contributed by atoms with Gasteiger partial charge in [-0.25, -0.2) is 19.2 Å². The third-order valence-corrected chi connectivity index (χ3v) is 7.43.